The van der Waals surface area contributed by atoms with Gasteiger partial charge in [-0.3, -0.25) is 5.84 Å². The molecule has 0 rings (SSSR count). The zero-order valence-corrected chi connectivity index (χ0v) is 4.39. The van der Waals surface area contributed by atoms with Gasteiger partial charge in [0.25, 0.3) is 0 Å². The summed E-state index contributed by atoms with van der Waals surface area (Å²) in [5.41, 5.74) is 2.03. The predicted octanol–water partition coefficient (Wildman–Crippen LogP) is -0.926. The fraction of sp³-hybridized carbons (Fsp3) is 1.00. The molecule has 4 N–H and O–H groups in total. The van der Waals surface area contributed by atoms with Crippen molar-refractivity contribution < 1.29 is 14.0 Å². The van der Waals surface area contributed by atoms with Crippen LogP contribution < -0.4 is 11.3 Å². The highest BCUT2D eigenvalue weighted by Gasteiger charge is 2.08. The Bertz CT molecular complexity index is 66.0. The Balaban J connectivity index is 2.82. The van der Waals surface area contributed by atoms with Gasteiger partial charge in [-0.05, 0) is 0 Å². The Morgan fingerprint density at radius 3 is 2.71 bits per heavy atom. The molecule has 0 saturated heterocycles. The number of nitrogens with one attached hydrogen (secondary N) is 1. The molecule has 0 aliphatic carbocycles. The first-order valence-corrected chi connectivity index (χ1v) is 2.63. The van der Waals surface area contributed by atoms with E-state index in [2.05, 4.69) is 10.4 Å². The maximum Gasteiger partial charge on any atom is 0.696 e. The Kier molecular flexibility index (Phi) is 4.07. The Morgan fingerprint density at radius 2 is 2.57 bits per heavy atom. The second-order valence-corrected chi connectivity index (χ2v) is 1.45. The molecule has 0 saturated carbocycles. The van der Waals surface area contributed by atoms with E-state index in [0.29, 0.717) is 0 Å². The summed E-state index contributed by atoms with van der Waals surface area (Å²) in [4.78, 5) is 7.87. The molecular formula is CH6N2O3P+. The van der Waals surface area contributed by atoms with Crippen molar-refractivity contribution in [2.45, 2.75) is 0 Å². The van der Waals surface area contributed by atoms with E-state index >= 15 is 0 Å². The highest BCUT2D eigenvalue weighted by atomic mass is 31.1. The van der Waals surface area contributed by atoms with Crippen LogP contribution in [0.2, 0.25) is 0 Å². The van der Waals surface area contributed by atoms with Crippen molar-refractivity contribution >= 4 is 8.25 Å². The lowest BCUT2D eigenvalue weighted by atomic mass is 11.4. The quantitative estimate of drug-likeness (QED) is 0.196. The SMILES string of the molecule is NNCO[P+](=O)O. The molecule has 0 amide bonds. The van der Waals surface area contributed by atoms with Crippen LogP contribution in [0.25, 0.3) is 0 Å². The second-order valence-electron chi connectivity index (χ2n) is 0.715. The smallest absolute Gasteiger partial charge is 0.269 e. The average molecular weight is 125 g/mol. The van der Waals surface area contributed by atoms with E-state index in [1.165, 1.54) is 0 Å². The van der Waals surface area contributed by atoms with Gasteiger partial charge in [0.2, 0.25) is 0 Å². The first-order valence-electron chi connectivity index (χ1n) is 1.50. The summed E-state index contributed by atoms with van der Waals surface area (Å²) in [5, 5.41) is 0. The van der Waals surface area contributed by atoms with Gasteiger partial charge in [-0.25, -0.2) is 5.43 Å². The van der Waals surface area contributed by atoms with Gasteiger partial charge >= 0.3 is 8.25 Å². The third-order valence-corrected chi connectivity index (χ3v) is 0.608. The second kappa shape index (κ2) is 4.11. The van der Waals surface area contributed by atoms with Crippen LogP contribution in [0.1, 0.15) is 0 Å². The molecule has 0 fully saturated rings. The summed E-state index contributed by atoms with van der Waals surface area (Å²) in [5.74, 6) is 4.66. The highest BCUT2D eigenvalue weighted by Crippen LogP contribution is 2.11. The molecule has 0 bridgehead atoms. The van der Waals surface area contributed by atoms with Crippen LogP contribution >= 0.6 is 8.25 Å². The standard InChI is InChI=1S/CH5N2O3P/c2-3-1-6-7(4)5/h3H,1-2H2/p+1. The normalized spacial score (nSPS) is 11.4. The molecule has 1 atom stereocenters. The molecule has 0 heterocycles. The molecule has 0 spiro atoms. The first kappa shape index (κ1) is 6.94. The average Bonchev–Trinajstić information content (AvgIpc) is 1.61. The van der Waals surface area contributed by atoms with Crippen molar-refractivity contribution in [3.05, 3.63) is 0 Å². The summed E-state index contributed by atoms with van der Waals surface area (Å²) < 4.78 is 13.6. The molecule has 5 nitrogen and oxygen atoms in total. The summed E-state index contributed by atoms with van der Waals surface area (Å²) in [6.45, 7) is -0.105. The van der Waals surface area contributed by atoms with Gasteiger partial charge in [0.05, 0.1) is 0 Å². The van der Waals surface area contributed by atoms with E-state index in [1.54, 1.807) is 0 Å². The number of nitrogens with two attached hydrogens (primary N) is 1. The zero-order chi connectivity index (χ0) is 5.70. The van der Waals surface area contributed by atoms with Crippen LogP contribution in [0, 0.1) is 0 Å². The van der Waals surface area contributed by atoms with Crippen molar-refractivity contribution in [2.24, 2.45) is 5.84 Å². The first-order chi connectivity index (χ1) is 3.27. The van der Waals surface area contributed by atoms with Crippen molar-refractivity contribution in [1.82, 2.24) is 5.43 Å². The number of hydrazine groups is 1. The van der Waals surface area contributed by atoms with E-state index in [1.807, 2.05) is 5.43 Å². The molecule has 0 aromatic heterocycles. The van der Waals surface area contributed by atoms with Crippen LogP contribution in [0.4, 0.5) is 0 Å². The molecule has 0 aromatic carbocycles. The fourth-order valence-electron chi connectivity index (χ4n) is 0.0925. The summed E-state index contributed by atoms with van der Waals surface area (Å²) in [7, 11) is -2.50. The minimum absolute atomic E-state index is 0.105. The minimum atomic E-state index is -2.50. The maximum absolute atomic E-state index is 9.59. The third-order valence-electron chi connectivity index (χ3n) is 0.258. The Labute approximate surface area is 41.4 Å². The number of rotatable bonds is 3. The fourth-order valence-corrected chi connectivity index (χ4v) is 0.277. The molecule has 7 heavy (non-hydrogen) atoms. The summed E-state index contributed by atoms with van der Waals surface area (Å²) in [6.07, 6.45) is 0. The molecule has 1 unspecified atom stereocenters. The summed E-state index contributed by atoms with van der Waals surface area (Å²) >= 11 is 0. The Morgan fingerprint density at radius 1 is 2.00 bits per heavy atom. The monoisotopic (exact) mass is 125 g/mol. The van der Waals surface area contributed by atoms with Gasteiger partial charge in [-0.15, -0.1) is 9.42 Å². The zero-order valence-electron chi connectivity index (χ0n) is 3.50. The van der Waals surface area contributed by atoms with Crippen LogP contribution in [0.3, 0.4) is 0 Å². The van der Waals surface area contributed by atoms with Gasteiger partial charge in [-0.1, -0.05) is 0 Å². The number of hydrogen-bond acceptors (Lipinski definition) is 4. The van der Waals surface area contributed by atoms with Crippen molar-refractivity contribution in [3.63, 3.8) is 0 Å². The minimum Gasteiger partial charge on any atom is -0.269 e. The highest BCUT2D eigenvalue weighted by molar-refractivity contribution is 7.32. The maximum atomic E-state index is 9.59. The van der Waals surface area contributed by atoms with E-state index in [9.17, 15) is 4.57 Å². The molecule has 0 aliphatic heterocycles. The topological polar surface area (TPSA) is 84.6 Å². The van der Waals surface area contributed by atoms with Gasteiger partial charge in [0.15, 0.2) is 6.73 Å². The van der Waals surface area contributed by atoms with Gasteiger partial charge in [0.1, 0.15) is 0 Å². The van der Waals surface area contributed by atoms with Crippen LogP contribution in [0.15, 0.2) is 0 Å². The van der Waals surface area contributed by atoms with E-state index in [-0.39, 0.29) is 6.73 Å². The van der Waals surface area contributed by atoms with E-state index in [0.717, 1.165) is 0 Å². The van der Waals surface area contributed by atoms with Crippen LogP contribution in [-0.2, 0) is 9.09 Å². The molecule has 0 aliphatic rings. The lowest BCUT2D eigenvalue weighted by Crippen LogP contribution is -2.23. The van der Waals surface area contributed by atoms with E-state index in [4.69, 9.17) is 4.89 Å². The molecule has 42 valence electrons. The van der Waals surface area contributed by atoms with Gasteiger partial charge in [-0.2, -0.15) is 0 Å². The molecule has 6 heteroatoms. The number of hydrogen-bond donors (Lipinski definition) is 3. The van der Waals surface area contributed by atoms with Crippen molar-refractivity contribution in [3.8, 4) is 0 Å². The lowest BCUT2D eigenvalue weighted by Gasteiger charge is -1.81. The molecule has 0 radical (unpaired) electrons. The molecular weight excluding hydrogens is 119 g/mol. The van der Waals surface area contributed by atoms with Crippen molar-refractivity contribution in [2.75, 3.05) is 6.73 Å². The third kappa shape index (κ3) is 5.94. The van der Waals surface area contributed by atoms with Crippen LogP contribution in [-0.4, -0.2) is 11.6 Å². The van der Waals surface area contributed by atoms with E-state index < -0.39 is 8.25 Å². The summed E-state index contributed by atoms with van der Waals surface area (Å²) in [6, 6.07) is 0. The largest absolute Gasteiger partial charge is 0.696 e. The van der Waals surface area contributed by atoms with Gasteiger partial charge < -0.3 is 0 Å². The predicted molar refractivity (Wildman–Crippen MR) is 23.1 cm³/mol. The van der Waals surface area contributed by atoms with Crippen LogP contribution in [0.5, 0.6) is 0 Å². The van der Waals surface area contributed by atoms with Crippen molar-refractivity contribution in [1.29, 1.82) is 0 Å². The lowest BCUT2D eigenvalue weighted by molar-refractivity contribution is 0.259. The van der Waals surface area contributed by atoms with Gasteiger partial charge in [0, 0.05) is 4.57 Å². The Hall–Kier alpha value is -0.0600. The molecule has 0 aromatic rings.